The molecule has 4 aliphatic rings. The zero-order chi connectivity index (χ0) is 29.6. The molecule has 4 fully saturated rings. The van der Waals surface area contributed by atoms with Crippen molar-refractivity contribution >= 4 is 8.32 Å². The first kappa shape index (κ1) is 32.5. The Balaban J connectivity index is 1.48. The van der Waals surface area contributed by atoms with Gasteiger partial charge in [-0.3, -0.25) is 0 Å². The molecule has 0 saturated heterocycles. The van der Waals surface area contributed by atoms with Crippen molar-refractivity contribution in [3.8, 4) is 0 Å². The molecule has 0 amide bonds. The van der Waals surface area contributed by atoms with Crippen molar-refractivity contribution in [1.82, 2.24) is 0 Å². The Labute approximate surface area is 247 Å². The van der Waals surface area contributed by atoms with E-state index in [1.165, 1.54) is 49.4 Å². The number of hydrogen-bond donors (Lipinski definition) is 3. The van der Waals surface area contributed by atoms with Gasteiger partial charge in [0.2, 0.25) is 0 Å². The highest BCUT2D eigenvalue weighted by atomic mass is 28.4. The minimum atomic E-state index is -1.67. The average molecular weight is 575 g/mol. The normalized spacial score (nSPS) is 39.4. The van der Waals surface area contributed by atoms with Gasteiger partial charge in [-0.2, -0.15) is 0 Å². The zero-order valence-corrected chi connectivity index (χ0v) is 28.1. The van der Waals surface area contributed by atoms with E-state index in [0.29, 0.717) is 36.0 Å². The fourth-order valence-electron chi connectivity index (χ4n) is 10.0. The van der Waals surface area contributed by atoms with E-state index in [-0.39, 0.29) is 35.6 Å². The highest BCUT2D eigenvalue weighted by molar-refractivity contribution is 6.73. The van der Waals surface area contributed by atoms with Crippen molar-refractivity contribution in [2.75, 3.05) is 13.2 Å². The largest absolute Gasteiger partial charge is 0.411 e. The molecule has 0 aromatic rings. The van der Waals surface area contributed by atoms with E-state index in [4.69, 9.17) is 4.43 Å². The van der Waals surface area contributed by atoms with Gasteiger partial charge in [-0.15, -0.1) is 0 Å². The Bertz CT molecular complexity index is 931. The van der Waals surface area contributed by atoms with Crippen LogP contribution in [0.25, 0.3) is 0 Å². The topological polar surface area (TPSA) is 69.9 Å². The predicted molar refractivity (Wildman–Crippen MR) is 168 cm³/mol. The third-order valence-electron chi connectivity index (χ3n) is 13.3. The molecule has 0 heterocycles. The monoisotopic (exact) mass is 574 g/mol. The van der Waals surface area contributed by atoms with Crippen LogP contribution in [0.15, 0.2) is 23.8 Å². The maximum atomic E-state index is 11.3. The molecule has 0 spiro atoms. The summed E-state index contributed by atoms with van der Waals surface area (Å²) >= 11 is 0. The lowest BCUT2D eigenvalue weighted by Gasteiger charge is -2.45. The lowest BCUT2D eigenvalue weighted by molar-refractivity contribution is -0.0855. The van der Waals surface area contributed by atoms with Crippen LogP contribution in [0, 0.1) is 46.3 Å². The molecule has 5 heteroatoms. The Hall–Kier alpha value is -0.463. The third-order valence-corrected chi connectivity index (χ3v) is 18.2. The molecule has 4 saturated carbocycles. The van der Waals surface area contributed by atoms with Crippen LogP contribution in [-0.4, -0.2) is 48.1 Å². The van der Waals surface area contributed by atoms with Crippen LogP contribution in [0.5, 0.6) is 0 Å². The average Bonchev–Trinajstić information content (AvgIpc) is 3.48. The van der Waals surface area contributed by atoms with Crippen molar-refractivity contribution < 1.29 is 19.7 Å². The molecule has 40 heavy (non-hydrogen) atoms. The summed E-state index contributed by atoms with van der Waals surface area (Å²) in [6.45, 7) is 18.7. The van der Waals surface area contributed by atoms with E-state index >= 15 is 0 Å². The fraction of sp³-hybridized carbons (Fsp3) is 0.886. The summed E-state index contributed by atoms with van der Waals surface area (Å²) in [5.74, 6) is 2.52. The SMILES string of the molecule is CC[Si](CC)(CC)OC(C)(C)[C@@H](C)/C=C/[C@@H](C)[C@H]1CC[C@H]2/C(=C/[C@@H](CO)[C@]34C[C@H]3CCC4(O)CO)CCC[C@]12C. The van der Waals surface area contributed by atoms with Gasteiger partial charge in [-0.05, 0) is 112 Å². The van der Waals surface area contributed by atoms with Crippen molar-refractivity contribution in [3.63, 3.8) is 0 Å². The zero-order valence-electron chi connectivity index (χ0n) is 27.1. The molecule has 9 atom stereocenters. The highest BCUT2D eigenvalue weighted by Crippen LogP contribution is 2.72. The number of allylic oxidation sites excluding steroid dienone is 2. The summed E-state index contributed by atoms with van der Waals surface area (Å²) in [5, 5.41) is 31.9. The second-order valence-electron chi connectivity index (χ2n) is 15.3. The van der Waals surface area contributed by atoms with E-state index in [0.717, 1.165) is 19.3 Å². The van der Waals surface area contributed by atoms with Gasteiger partial charge in [0.15, 0.2) is 8.32 Å². The Morgan fingerprint density at radius 3 is 2.27 bits per heavy atom. The Morgan fingerprint density at radius 1 is 1.02 bits per heavy atom. The Morgan fingerprint density at radius 2 is 1.70 bits per heavy atom. The van der Waals surface area contributed by atoms with Gasteiger partial charge in [0.05, 0.1) is 17.8 Å². The van der Waals surface area contributed by atoms with E-state index < -0.39 is 13.9 Å². The van der Waals surface area contributed by atoms with Gasteiger partial charge < -0.3 is 19.7 Å². The number of aliphatic hydroxyl groups is 3. The van der Waals surface area contributed by atoms with E-state index in [9.17, 15) is 15.3 Å². The van der Waals surface area contributed by atoms with Gasteiger partial charge in [0.25, 0.3) is 0 Å². The number of fused-ring (bicyclic) bond motifs is 2. The lowest BCUT2D eigenvalue weighted by Crippen LogP contribution is -2.47. The second kappa shape index (κ2) is 11.9. The van der Waals surface area contributed by atoms with Gasteiger partial charge in [0.1, 0.15) is 0 Å². The fourth-order valence-corrected chi connectivity index (χ4v) is 13.3. The van der Waals surface area contributed by atoms with Gasteiger partial charge >= 0.3 is 0 Å². The van der Waals surface area contributed by atoms with Crippen LogP contribution in [-0.2, 0) is 4.43 Å². The summed E-state index contributed by atoms with van der Waals surface area (Å²) in [5.41, 5.74) is 0.315. The van der Waals surface area contributed by atoms with Crippen molar-refractivity contribution in [2.45, 2.75) is 136 Å². The standard InChI is InChI=1S/C35H62O4Si/c1-9-40(10-2,11-3)39-32(6,7)26(5)15-14-25(4)30-16-17-31-27(13-12-19-33(30,31)8)21-29(23-36)35-22-28(35)18-20-34(35,38)24-37/h14-15,21,25-26,28-31,36-38H,9-13,16-20,22-24H2,1-8H3/b15-14+,27-21+/t25-,26+,28-,29+,30-,31+,33-,34?,35+/m1/s1. The Kier molecular flexibility index (Phi) is 9.66. The van der Waals surface area contributed by atoms with E-state index in [1.54, 1.807) is 0 Å². The van der Waals surface area contributed by atoms with Gasteiger partial charge in [-0.1, -0.05) is 65.3 Å². The number of aliphatic hydroxyl groups excluding tert-OH is 2. The van der Waals surface area contributed by atoms with Crippen LogP contribution in [0.2, 0.25) is 18.1 Å². The molecule has 3 N–H and O–H groups in total. The quantitative estimate of drug-likeness (QED) is 0.155. The van der Waals surface area contributed by atoms with E-state index in [1.807, 2.05) is 0 Å². The number of hydrogen-bond acceptors (Lipinski definition) is 4. The predicted octanol–water partition coefficient (Wildman–Crippen LogP) is 7.89. The summed E-state index contributed by atoms with van der Waals surface area (Å²) in [7, 11) is -1.67. The first-order chi connectivity index (χ1) is 18.8. The molecule has 4 nitrogen and oxygen atoms in total. The molecule has 0 aromatic carbocycles. The number of rotatable bonds is 13. The van der Waals surface area contributed by atoms with Crippen LogP contribution < -0.4 is 0 Å². The summed E-state index contributed by atoms with van der Waals surface area (Å²) in [6, 6.07) is 3.56. The van der Waals surface area contributed by atoms with Gasteiger partial charge in [0, 0.05) is 23.9 Å². The molecular weight excluding hydrogens is 512 g/mol. The molecule has 0 radical (unpaired) electrons. The smallest absolute Gasteiger partial charge is 0.192 e. The molecule has 230 valence electrons. The molecule has 4 rings (SSSR count). The van der Waals surface area contributed by atoms with Crippen molar-refractivity contribution in [1.29, 1.82) is 0 Å². The molecule has 0 aromatic heterocycles. The van der Waals surface area contributed by atoms with Gasteiger partial charge in [-0.25, -0.2) is 0 Å². The van der Waals surface area contributed by atoms with Crippen LogP contribution in [0.1, 0.15) is 107 Å². The molecule has 0 bridgehead atoms. The highest BCUT2D eigenvalue weighted by Gasteiger charge is 2.72. The van der Waals surface area contributed by atoms with Crippen LogP contribution in [0.3, 0.4) is 0 Å². The molecule has 4 aliphatic carbocycles. The van der Waals surface area contributed by atoms with Crippen molar-refractivity contribution in [2.24, 2.45) is 46.3 Å². The minimum absolute atomic E-state index is 0.0426. The molecule has 1 unspecified atom stereocenters. The molecular formula is C35H62O4Si. The second-order valence-corrected chi connectivity index (χ2v) is 20.0. The minimum Gasteiger partial charge on any atom is -0.411 e. The summed E-state index contributed by atoms with van der Waals surface area (Å²) in [4.78, 5) is 0. The van der Waals surface area contributed by atoms with E-state index in [2.05, 4.69) is 73.6 Å². The van der Waals surface area contributed by atoms with Crippen molar-refractivity contribution in [3.05, 3.63) is 23.8 Å². The first-order valence-corrected chi connectivity index (χ1v) is 19.4. The maximum absolute atomic E-state index is 11.3. The lowest BCUT2D eigenvalue weighted by atomic mass is 9.60. The van der Waals surface area contributed by atoms with Crippen LogP contribution in [0.4, 0.5) is 0 Å². The third kappa shape index (κ3) is 5.38. The summed E-state index contributed by atoms with van der Waals surface area (Å²) < 4.78 is 6.96. The summed E-state index contributed by atoms with van der Waals surface area (Å²) in [6.07, 6.45) is 16.0. The first-order valence-electron chi connectivity index (χ1n) is 16.8. The molecule has 0 aliphatic heterocycles. The maximum Gasteiger partial charge on any atom is 0.192 e. The van der Waals surface area contributed by atoms with Crippen LogP contribution >= 0.6 is 0 Å².